The van der Waals surface area contributed by atoms with Gasteiger partial charge in [0.25, 0.3) is 0 Å². The summed E-state index contributed by atoms with van der Waals surface area (Å²) in [5.74, 6) is 0.598. The molecule has 0 saturated heterocycles. The summed E-state index contributed by atoms with van der Waals surface area (Å²) in [6.45, 7) is 6.30. The number of Topliss-reactive ketones (excluding diaryl/α,β-unsaturated/α-hetero) is 1. The normalized spacial score (nSPS) is 39.9. The molecule has 2 nitrogen and oxygen atoms in total. The zero-order valence-corrected chi connectivity index (χ0v) is 11.2. The molecule has 94 valence electrons. The maximum absolute atomic E-state index is 12.6. The van der Waals surface area contributed by atoms with Crippen molar-refractivity contribution in [3.8, 4) is 0 Å². The lowest BCUT2D eigenvalue weighted by atomic mass is 9.65. The monoisotopic (exact) mass is 234 g/mol. The molecule has 0 fully saturated rings. The number of hydrogen-bond donors (Lipinski definition) is 0. The topological polar surface area (TPSA) is 26.3 Å². The average Bonchev–Trinajstić information content (AvgIpc) is 2.34. The fraction of sp³-hybridized carbons (Fsp3) is 0.667. The van der Waals surface area contributed by atoms with Crippen LogP contribution in [0.4, 0.5) is 0 Å². The minimum absolute atomic E-state index is 0.0320. The van der Waals surface area contributed by atoms with Crippen LogP contribution in [-0.4, -0.2) is 19.0 Å². The van der Waals surface area contributed by atoms with E-state index in [-0.39, 0.29) is 17.4 Å². The lowest BCUT2D eigenvalue weighted by Crippen LogP contribution is -2.47. The molecule has 17 heavy (non-hydrogen) atoms. The van der Waals surface area contributed by atoms with Crippen molar-refractivity contribution in [2.45, 2.75) is 39.7 Å². The van der Waals surface area contributed by atoms with Crippen molar-refractivity contribution in [3.05, 3.63) is 24.3 Å². The fourth-order valence-electron chi connectivity index (χ4n) is 3.01. The molecule has 0 aromatic carbocycles. The third kappa shape index (κ3) is 1.99. The second kappa shape index (κ2) is 4.09. The van der Waals surface area contributed by atoms with Gasteiger partial charge in [0.15, 0.2) is 0 Å². The zero-order chi connectivity index (χ0) is 12.7. The van der Waals surface area contributed by atoms with Gasteiger partial charge in [0.2, 0.25) is 0 Å². The second-order valence-electron chi connectivity index (χ2n) is 6.16. The first-order chi connectivity index (χ1) is 7.90. The Hall–Kier alpha value is -0.890. The van der Waals surface area contributed by atoms with Crippen LogP contribution in [0.1, 0.15) is 33.6 Å². The van der Waals surface area contributed by atoms with Crippen molar-refractivity contribution < 1.29 is 9.53 Å². The van der Waals surface area contributed by atoms with Gasteiger partial charge in [-0.2, -0.15) is 0 Å². The van der Waals surface area contributed by atoms with Crippen LogP contribution in [0.2, 0.25) is 0 Å². The first kappa shape index (κ1) is 12.6. The van der Waals surface area contributed by atoms with Gasteiger partial charge in [-0.3, -0.25) is 4.79 Å². The number of hydrogen-bond acceptors (Lipinski definition) is 2. The summed E-state index contributed by atoms with van der Waals surface area (Å²) in [5, 5.41) is 0. The molecule has 0 N–H and O–H groups in total. The van der Waals surface area contributed by atoms with Crippen LogP contribution in [0.15, 0.2) is 24.3 Å². The van der Waals surface area contributed by atoms with Crippen LogP contribution >= 0.6 is 0 Å². The molecule has 2 aliphatic carbocycles. The van der Waals surface area contributed by atoms with Crippen molar-refractivity contribution in [2.24, 2.45) is 16.7 Å². The number of carbonyl (C=O) groups is 1. The highest BCUT2D eigenvalue weighted by molar-refractivity contribution is 5.87. The quantitative estimate of drug-likeness (QED) is 0.651. The molecule has 0 radical (unpaired) electrons. The maximum atomic E-state index is 12.6. The Kier molecular flexibility index (Phi) is 3.03. The van der Waals surface area contributed by atoms with Crippen molar-refractivity contribution in [1.82, 2.24) is 0 Å². The first-order valence-electron chi connectivity index (χ1n) is 6.32. The van der Waals surface area contributed by atoms with Crippen molar-refractivity contribution in [1.29, 1.82) is 0 Å². The molecule has 0 aromatic heterocycles. The Bertz CT molecular complexity index is 378. The van der Waals surface area contributed by atoms with Crippen LogP contribution in [-0.2, 0) is 9.53 Å². The molecule has 0 unspecified atom stereocenters. The molecule has 0 aromatic rings. The van der Waals surface area contributed by atoms with E-state index in [0.717, 1.165) is 6.42 Å². The summed E-state index contributed by atoms with van der Waals surface area (Å²) in [5.41, 5.74) is -0.427. The lowest BCUT2D eigenvalue weighted by Gasteiger charge is -2.41. The number of methoxy groups -OCH3 is 1. The maximum Gasteiger partial charge on any atom is 0.143 e. The number of allylic oxidation sites excluding steroid dienone is 3. The molecular formula is C15H22O2. The number of ketones is 1. The summed E-state index contributed by atoms with van der Waals surface area (Å²) in [6, 6.07) is 0. The highest BCUT2D eigenvalue weighted by Crippen LogP contribution is 2.46. The summed E-state index contributed by atoms with van der Waals surface area (Å²) >= 11 is 0. The molecule has 0 saturated carbocycles. The van der Waals surface area contributed by atoms with Gasteiger partial charge in [0, 0.05) is 13.5 Å². The van der Waals surface area contributed by atoms with Crippen LogP contribution in [0.25, 0.3) is 0 Å². The van der Waals surface area contributed by atoms with Gasteiger partial charge >= 0.3 is 0 Å². The summed E-state index contributed by atoms with van der Waals surface area (Å²) in [6.07, 6.45) is 10.1. The smallest absolute Gasteiger partial charge is 0.143 e. The van der Waals surface area contributed by atoms with Crippen LogP contribution in [0.3, 0.4) is 0 Å². The van der Waals surface area contributed by atoms with E-state index in [1.807, 2.05) is 6.08 Å². The number of fused-ring (bicyclic) bond motifs is 1. The van der Waals surface area contributed by atoms with Crippen molar-refractivity contribution >= 4 is 5.78 Å². The van der Waals surface area contributed by atoms with E-state index in [0.29, 0.717) is 12.2 Å². The van der Waals surface area contributed by atoms with Gasteiger partial charge in [-0.15, -0.1) is 0 Å². The Balaban J connectivity index is 2.43. The van der Waals surface area contributed by atoms with Gasteiger partial charge in [0.05, 0.1) is 11.5 Å². The summed E-state index contributed by atoms with van der Waals surface area (Å²) < 4.78 is 5.52. The Labute approximate surface area is 104 Å². The van der Waals surface area contributed by atoms with E-state index >= 15 is 0 Å². The number of carbonyl (C=O) groups excluding carboxylic acids is 1. The SMILES string of the molecule is CO[C@@H]1C=CC[C@@H]2C=CC(C)(C)CC(=O)[C@@]21C. The number of rotatable bonds is 1. The molecule has 0 aliphatic heterocycles. The third-order valence-corrected chi connectivity index (χ3v) is 4.31. The minimum atomic E-state index is -0.395. The van der Waals surface area contributed by atoms with Gasteiger partial charge in [0.1, 0.15) is 5.78 Å². The van der Waals surface area contributed by atoms with E-state index < -0.39 is 5.41 Å². The lowest BCUT2D eigenvalue weighted by molar-refractivity contribution is -0.138. The number of ether oxygens (including phenoxy) is 1. The largest absolute Gasteiger partial charge is 0.376 e. The molecule has 2 aliphatic rings. The standard InChI is InChI=1S/C15H22O2/c1-14(2)9-8-11-6-5-7-13(17-4)15(11,3)12(16)10-14/h5,7-9,11,13H,6,10H2,1-4H3/t11-,13-,15-/m1/s1. The predicted octanol–water partition coefficient (Wildman–Crippen LogP) is 3.14. The average molecular weight is 234 g/mol. The molecule has 3 atom stereocenters. The molecule has 0 heterocycles. The highest BCUT2D eigenvalue weighted by Gasteiger charge is 2.49. The van der Waals surface area contributed by atoms with E-state index in [1.165, 1.54) is 0 Å². The fourth-order valence-corrected chi connectivity index (χ4v) is 3.01. The zero-order valence-electron chi connectivity index (χ0n) is 11.2. The Morgan fingerprint density at radius 3 is 2.65 bits per heavy atom. The van der Waals surface area contributed by atoms with Gasteiger partial charge < -0.3 is 4.74 Å². The second-order valence-corrected chi connectivity index (χ2v) is 6.16. The Morgan fingerprint density at radius 2 is 2.00 bits per heavy atom. The van der Waals surface area contributed by atoms with E-state index in [9.17, 15) is 4.79 Å². The van der Waals surface area contributed by atoms with Crippen LogP contribution in [0, 0.1) is 16.7 Å². The Morgan fingerprint density at radius 1 is 1.29 bits per heavy atom. The van der Waals surface area contributed by atoms with Gasteiger partial charge in [-0.05, 0) is 24.7 Å². The summed E-state index contributed by atoms with van der Waals surface area (Å²) in [4.78, 5) is 12.6. The van der Waals surface area contributed by atoms with Gasteiger partial charge in [-0.1, -0.05) is 38.2 Å². The molecule has 0 amide bonds. The molecule has 2 heteroatoms. The predicted molar refractivity (Wildman–Crippen MR) is 68.7 cm³/mol. The van der Waals surface area contributed by atoms with E-state index in [4.69, 9.17) is 4.74 Å². The molecular weight excluding hydrogens is 212 g/mol. The van der Waals surface area contributed by atoms with Crippen LogP contribution in [0.5, 0.6) is 0 Å². The van der Waals surface area contributed by atoms with Gasteiger partial charge in [-0.25, -0.2) is 0 Å². The van der Waals surface area contributed by atoms with E-state index in [2.05, 4.69) is 39.0 Å². The third-order valence-electron chi connectivity index (χ3n) is 4.31. The molecule has 0 bridgehead atoms. The summed E-state index contributed by atoms with van der Waals surface area (Å²) in [7, 11) is 1.69. The van der Waals surface area contributed by atoms with Crippen LogP contribution < -0.4 is 0 Å². The molecule has 2 rings (SSSR count). The highest BCUT2D eigenvalue weighted by atomic mass is 16.5. The van der Waals surface area contributed by atoms with E-state index in [1.54, 1.807) is 7.11 Å². The van der Waals surface area contributed by atoms with Crippen molar-refractivity contribution in [2.75, 3.05) is 7.11 Å². The first-order valence-corrected chi connectivity index (χ1v) is 6.32. The minimum Gasteiger partial charge on any atom is -0.376 e. The van der Waals surface area contributed by atoms with Crippen molar-refractivity contribution in [3.63, 3.8) is 0 Å². The molecule has 0 spiro atoms.